The van der Waals surface area contributed by atoms with Crippen molar-refractivity contribution in [3.05, 3.63) is 58.7 Å². The summed E-state index contributed by atoms with van der Waals surface area (Å²) in [5.74, 6) is -0.0615. The van der Waals surface area contributed by atoms with Crippen LogP contribution < -0.4 is 16.0 Å². The van der Waals surface area contributed by atoms with E-state index in [0.717, 1.165) is 27.9 Å². The third kappa shape index (κ3) is 6.33. The predicted octanol–water partition coefficient (Wildman–Crippen LogP) is 3.19. The number of hydrogen-bond acceptors (Lipinski definition) is 3. The smallest absolute Gasteiger partial charge is 0.315 e. The third-order valence-electron chi connectivity index (χ3n) is 4.21. The molecule has 0 heterocycles. The van der Waals surface area contributed by atoms with Crippen LogP contribution in [0.4, 0.5) is 10.5 Å². The summed E-state index contributed by atoms with van der Waals surface area (Å²) >= 11 is 0. The van der Waals surface area contributed by atoms with Crippen molar-refractivity contribution in [2.45, 2.75) is 40.2 Å². The maximum Gasteiger partial charge on any atom is 0.315 e. The number of nitrogens with one attached hydrogen (secondary N) is 3. The maximum atomic E-state index is 12.1. The van der Waals surface area contributed by atoms with Gasteiger partial charge in [-0.2, -0.15) is 0 Å². The summed E-state index contributed by atoms with van der Waals surface area (Å²) in [5.41, 5.74) is 4.92. The second kappa shape index (κ2) is 9.07. The van der Waals surface area contributed by atoms with Crippen LogP contribution in [-0.4, -0.2) is 29.6 Å². The molecule has 3 amide bonds. The first-order valence-corrected chi connectivity index (χ1v) is 8.94. The molecule has 6 heteroatoms. The van der Waals surface area contributed by atoms with Crippen molar-refractivity contribution in [2.75, 3.05) is 11.9 Å². The Labute approximate surface area is 160 Å². The summed E-state index contributed by atoms with van der Waals surface area (Å²) in [4.78, 5) is 24.1. The van der Waals surface area contributed by atoms with Crippen LogP contribution >= 0.6 is 0 Å². The molecule has 2 aromatic rings. The van der Waals surface area contributed by atoms with Gasteiger partial charge in [0, 0.05) is 11.7 Å². The number of hydrogen-bond donors (Lipinski definition) is 4. The minimum absolute atomic E-state index is 0.107. The number of urea groups is 1. The summed E-state index contributed by atoms with van der Waals surface area (Å²) in [6.07, 6.45) is 0.627. The van der Waals surface area contributed by atoms with E-state index in [1.807, 2.05) is 52.0 Å². The number of amides is 3. The zero-order valence-electron chi connectivity index (χ0n) is 16.2. The molecule has 0 aliphatic heterocycles. The van der Waals surface area contributed by atoms with E-state index < -0.39 is 6.03 Å². The number of phenols is 1. The van der Waals surface area contributed by atoms with E-state index in [0.29, 0.717) is 6.42 Å². The second-order valence-electron chi connectivity index (χ2n) is 6.92. The number of carbonyl (C=O) groups is 2. The van der Waals surface area contributed by atoms with Crippen LogP contribution in [0.3, 0.4) is 0 Å². The zero-order chi connectivity index (χ0) is 20.0. The highest BCUT2D eigenvalue weighted by Crippen LogP contribution is 2.21. The molecule has 1 atom stereocenters. The van der Waals surface area contributed by atoms with Crippen LogP contribution in [0.5, 0.6) is 5.75 Å². The highest BCUT2D eigenvalue weighted by atomic mass is 16.3. The average molecular weight is 369 g/mol. The monoisotopic (exact) mass is 369 g/mol. The topological polar surface area (TPSA) is 90.5 Å². The standard InChI is InChI=1S/C21H27N3O3/c1-13-9-14(2)20(15(3)10-13)24-19(26)12-22-21(27)23-16(4)11-17-5-7-18(25)8-6-17/h5-10,16,25H,11-12H2,1-4H3,(H,24,26)(H2,22,23,27). The fraction of sp³-hybridized carbons (Fsp3) is 0.333. The number of rotatable bonds is 6. The zero-order valence-corrected chi connectivity index (χ0v) is 16.2. The van der Waals surface area contributed by atoms with E-state index >= 15 is 0 Å². The predicted molar refractivity (Wildman–Crippen MR) is 107 cm³/mol. The van der Waals surface area contributed by atoms with E-state index in [1.54, 1.807) is 12.1 Å². The molecule has 0 spiro atoms. The van der Waals surface area contributed by atoms with Crippen molar-refractivity contribution in [3.8, 4) is 5.75 Å². The van der Waals surface area contributed by atoms with Gasteiger partial charge >= 0.3 is 6.03 Å². The van der Waals surface area contributed by atoms with Gasteiger partial charge in [0.2, 0.25) is 5.91 Å². The molecular weight excluding hydrogens is 342 g/mol. The molecule has 0 bridgehead atoms. The SMILES string of the molecule is Cc1cc(C)c(NC(=O)CNC(=O)NC(C)Cc2ccc(O)cc2)c(C)c1. The minimum atomic E-state index is -0.395. The van der Waals surface area contributed by atoms with Crippen molar-refractivity contribution >= 4 is 17.6 Å². The fourth-order valence-electron chi connectivity index (χ4n) is 3.03. The van der Waals surface area contributed by atoms with Crippen molar-refractivity contribution < 1.29 is 14.7 Å². The van der Waals surface area contributed by atoms with Crippen LogP contribution in [0.15, 0.2) is 36.4 Å². The van der Waals surface area contributed by atoms with Crippen molar-refractivity contribution in [2.24, 2.45) is 0 Å². The largest absolute Gasteiger partial charge is 0.508 e. The molecule has 0 saturated heterocycles. The van der Waals surface area contributed by atoms with Crippen LogP contribution in [0.25, 0.3) is 0 Å². The maximum absolute atomic E-state index is 12.1. The molecule has 1 unspecified atom stereocenters. The minimum Gasteiger partial charge on any atom is -0.508 e. The number of carbonyl (C=O) groups excluding carboxylic acids is 2. The van der Waals surface area contributed by atoms with Gasteiger partial charge in [-0.15, -0.1) is 0 Å². The quantitative estimate of drug-likeness (QED) is 0.630. The van der Waals surface area contributed by atoms with Gasteiger partial charge in [-0.1, -0.05) is 29.8 Å². The highest BCUT2D eigenvalue weighted by Gasteiger charge is 2.11. The van der Waals surface area contributed by atoms with Crippen molar-refractivity contribution in [1.29, 1.82) is 0 Å². The van der Waals surface area contributed by atoms with Gasteiger partial charge in [-0.05, 0) is 62.9 Å². The van der Waals surface area contributed by atoms with E-state index in [4.69, 9.17) is 0 Å². The van der Waals surface area contributed by atoms with Gasteiger partial charge in [0.05, 0.1) is 6.54 Å². The first-order chi connectivity index (χ1) is 12.7. The molecule has 0 fully saturated rings. The molecule has 0 saturated carbocycles. The van der Waals surface area contributed by atoms with Gasteiger partial charge in [0.15, 0.2) is 0 Å². The first-order valence-electron chi connectivity index (χ1n) is 8.94. The van der Waals surface area contributed by atoms with Crippen LogP contribution in [-0.2, 0) is 11.2 Å². The molecule has 0 radical (unpaired) electrons. The number of aryl methyl sites for hydroxylation is 3. The summed E-state index contributed by atoms with van der Waals surface area (Å²) in [7, 11) is 0. The van der Waals surface area contributed by atoms with E-state index in [-0.39, 0.29) is 24.2 Å². The van der Waals surface area contributed by atoms with Gasteiger partial charge in [0.1, 0.15) is 5.75 Å². The summed E-state index contributed by atoms with van der Waals surface area (Å²) in [5, 5.41) is 17.5. The molecule has 0 aromatic heterocycles. The average Bonchev–Trinajstić information content (AvgIpc) is 2.58. The number of aromatic hydroxyl groups is 1. The Balaban J connectivity index is 1.79. The molecular formula is C21H27N3O3. The van der Waals surface area contributed by atoms with Crippen molar-refractivity contribution in [1.82, 2.24) is 10.6 Å². The van der Waals surface area contributed by atoms with Gasteiger partial charge in [-0.25, -0.2) is 4.79 Å². The number of anilines is 1. The van der Waals surface area contributed by atoms with Crippen LogP contribution in [0.2, 0.25) is 0 Å². The lowest BCUT2D eigenvalue weighted by atomic mass is 10.1. The molecule has 4 N–H and O–H groups in total. The lowest BCUT2D eigenvalue weighted by Crippen LogP contribution is -2.44. The Morgan fingerprint density at radius 2 is 1.63 bits per heavy atom. The first kappa shape index (κ1) is 20.3. The molecule has 0 aliphatic carbocycles. The molecule has 2 rings (SSSR count). The van der Waals surface area contributed by atoms with Crippen LogP contribution in [0.1, 0.15) is 29.2 Å². The summed E-state index contributed by atoms with van der Waals surface area (Å²) in [6.45, 7) is 7.67. The van der Waals surface area contributed by atoms with E-state index in [2.05, 4.69) is 16.0 Å². The Morgan fingerprint density at radius 1 is 1.04 bits per heavy atom. The Hall–Kier alpha value is -3.02. The second-order valence-corrected chi connectivity index (χ2v) is 6.92. The third-order valence-corrected chi connectivity index (χ3v) is 4.21. The number of phenolic OH excluding ortho intramolecular Hbond substituents is 1. The summed E-state index contributed by atoms with van der Waals surface area (Å²) in [6, 6.07) is 10.4. The van der Waals surface area contributed by atoms with Gasteiger partial charge in [-0.3, -0.25) is 4.79 Å². The Morgan fingerprint density at radius 3 is 2.22 bits per heavy atom. The number of benzene rings is 2. The lowest BCUT2D eigenvalue weighted by molar-refractivity contribution is -0.115. The lowest BCUT2D eigenvalue weighted by Gasteiger charge is -2.16. The Kier molecular flexibility index (Phi) is 6.82. The summed E-state index contributed by atoms with van der Waals surface area (Å²) < 4.78 is 0. The van der Waals surface area contributed by atoms with E-state index in [9.17, 15) is 14.7 Å². The normalized spacial score (nSPS) is 11.6. The molecule has 6 nitrogen and oxygen atoms in total. The molecule has 144 valence electrons. The highest BCUT2D eigenvalue weighted by molar-refractivity contribution is 5.95. The van der Waals surface area contributed by atoms with Gasteiger partial charge < -0.3 is 21.1 Å². The molecule has 2 aromatic carbocycles. The van der Waals surface area contributed by atoms with Crippen LogP contribution in [0, 0.1) is 20.8 Å². The molecule has 0 aliphatic rings. The van der Waals surface area contributed by atoms with E-state index in [1.165, 1.54) is 0 Å². The molecule has 27 heavy (non-hydrogen) atoms. The Bertz CT molecular complexity index is 793. The van der Waals surface area contributed by atoms with Gasteiger partial charge in [0.25, 0.3) is 0 Å². The fourth-order valence-corrected chi connectivity index (χ4v) is 3.03. The van der Waals surface area contributed by atoms with Crippen molar-refractivity contribution in [3.63, 3.8) is 0 Å².